The minimum absolute atomic E-state index is 0.457. The van der Waals surface area contributed by atoms with Gasteiger partial charge in [-0.05, 0) is 78.1 Å². The zero-order chi connectivity index (χ0) is 34.6. The van der Waals surface area contributed by atoms with E-state index in [4.69, 9.17) is 4.99 Å². The number of nitrogens with zero attached hydrogens (tertiary/aromatic N) is 3. The molecule has 2 aromatic heterocycles. The number of hydrogen-bond donors (Lipinski definition) is 0. The lowest BCUT2D eigenvalue weighted by atomic mass is 9.93. The average Bonchev–Trinajstić information content (AvgIpc) is 3.62. The van der Waals surface area contributed by atoms with Crippen molar-refractivity contribution >= 4 is 55.8 Å². The molecule has 8 aromatic rings. The summed E-state index contributed by atoms with van der Waals surface area (Å²) < 4.78 is 4.84. The molecule has 3 nitrogen and oxygen atoms in total. The monoisotopic (exact) mass is 667 g/mol. The Morgan fingerprint density at radius 3 is 1.77 bits per heavy atom. The molecule has 0 spiro atoms. The first-order valence-corrected chi connectivity index (χ1v) is 18.3. The molecule has 0 bridgehead atoms. The van der Waals surface area contributed by atoms with Crippen LogP contribution in [0.5, 0.6) is 0 Å². The summed E-state index contributed by atoms with van der Waals surface area (Å²) in [6.45, 7) is 2.34. The number of aromatic nitrogens is 2. The van der Waals surface area contributed by atoms with Crippen LogP contribution >= 0.6 is 0 Å². The molecular formula is C49H37N3. The van der Waals surface area contributed by atoms with Crippen LogP contribution in [-0.4, -0.2) is 14.8 Å². The summed E-state index contributed by atoms with van der Waals surface area (Å²) in [5.41, 5.74) is 15.4. The number of fused-ring (bicyclic) bond motifs is 6. The maximum atomic E-state index is 5.32. The van der Waals surface area contributed by atoms with Crippen molar-refractivity contribution in [2.45, 2.75) is 25.7 Å². The summed E-state index contributed by atoms with van der Waals surface area (Å²) in [5, 5.41) is 3.85. The van der Waals surface area contributed by atoms with Crippen molar-refractivity contribution in [2.24, 2.45) is 4.99 Å². The van der Waals surface area contributed by atoms with E-state index in [2.05, 4.69) is 192 Å². The second-order valence-corrected chi connectivity index (χ2v) is 14.0. The molecule has 0 radical (unpaired) electrons. The predicted molar refractivity (Wildman–Crippen MR) is 220 cm³/mol. The average molecular weight is 668 g/mol. The quantitative estimate of drug-likeness (QED) is 0.174. The SMILES string of the molecule is CC1CC=Cc2c1n(-c1ccc(C3=CC(c4ccc(-n5c6ccccc6c6ccccc65)cc4)=NC(c4ccccc4)=CC3)cc1)c1ccccc21. The van der Waals surface area contributed by atoms with Gasteiger partial charge in [-0.1, -0.05) is 134 Å². The van der Waals surface area contributed by atoms with Gasteiger partial charge >= 0.3 is 0 Å². The largest absolute Gasteiger partial charge is 0.313 e. The lowest BCUT2D eigenvalue weighted by Crippen LogP contribution is -2.07. The fourth-order valence-electron chi connectivity index (χ4n) is 8.31. The van der Waals surface area contributed by atoms with Gasteiger partial charge in [0, 0.05) is 50.3 Å². The van der Waals surface area contributed by atoms with Gasteiger partial charge in [0.1, 0.15) is 0 Å². The summed E-state index contributed by atoms with van der Waals surface area (Å²) in [7, 11) is 0. The van der Waals surface area contributed by atoms with Crippen LogP contribution in [0.25, 0.3) is 61.4 Å². The van der Waals surface area contributed by atoms with Crippen LogP contribution in [0.1, 0.15) is 53.6 Å². The Balaban J connectivity index is 1.05. The highest BCUT2D eigenvalue weighted by Crippen LogP contribution is 2.40. The van der Waals surface area contributed by atoms with Crippen LogP contribution in [0.3, 0.4) is 0 Å². The van der Waals surface area contributed by atoms with Gasteiger partial charge in [-0.25, -0.2) is 4.99 Å². The van der Waals surface area contributed by atoms with E-state index in [0.717, 1.165) is 41.1 Å². The molecule has 1 aliphatic carbocycles. The number of aliphatic imine (C=N–C) groups is 1. The zero-order valence-electron chi connectivity index (χ0n) is 29.1. The molecule has 0 saturated carbocycles. The highest BCUT2D eigenvalue weighted by molar-refractivity contribution is 6.15. The van der Waals surface area contributed by atoms with Crippen molar-refractivity contribution in [3.8, 4) is 11.4 Å². The lowest BCUT2D eigenvalue weighted by Gasteiger charge is -2.19. The van der Waals surface area contributed by atoms with E-state index in [-0.39, 0.29) is 0 Å². The van der Waals surface area contributed by atoms with E-state index in [1.807, 2.05) is 0 Å². The molecule has 10 rings (SSSR count). The third-order valence-corrected chi connectivity index (χ3v) is 10.8. The van der Waals surface area contributed by atoms with E-state index < -0.39 is 0 Å². The van der Waals surface area contributed by atoms with Gasteiger partial charge in [0.2, 0.25) is 0 Å². The van der Waals surface area contributed by atoms with Crippen LogP contribution in [0.4, 0.5) is 0 Å². The van der Waals surface area contributed by atoms with Gasteiger partial charge in [0.25, 0.3) is 0 Å². The predicted octanol–water partition coefficient (Wildman–Crippen LogP) is 12.6. The summed E-state index contributed by atoms with van der Waals surface area (Å²) in [6, 6.07) is 54.7. The number of para-hydroxylation sites is 3. The van der Waals surface area contributed by atoms with Gasteiger partial charge in [-0.15, -0.1) is 0 Å². The van der Waals surface area contributed by atoms with Crippen molar-refractivity contribution in [2.75, 3.05) is 0 Å². The molecular weight excluding hydrogens is 631 g/mol. The first-order valence-electron chi connectivity index (χ1n) is 18.3. The molecule has 52 heavy (non-hydrogen) atoms. The number of rotatable bonds is 5. The molecule has 0 saturated heterocycles. The first kappa shape index (κ1) is 30.4. The fourth-order valence-corrected chi connectivity index (χ4v) is 8.31. The molecule has 0 amide bonds. The Labute approximate surface area is 303 Å². The molecule has 1 atom stereocenters. The van der Waals surface area contributed by atoms with Crippen molar-refractivity contribution < 1.29 is 0 Å². The zero-order valence-corrected chi connectivity index (χ0v) is 29.1. The molecule has 1 aliphatic heterocycles. The van der Waals surface area contributed by atoms with Crippen LogP contribution in [-0.2, 0) is 0 Å². The first-order chi connectivity index (χ1) is 25.7. The van der Waals surface area contributed by atoms with E-state index in [0.29, 0.717) is 5.92 Å². The lowest BCUT2D eigenvalue weighted by molar-refractivity contribution is 0.723. The molecule has 6 aromatic carbocycles. The van der Waals surface area contributed by atoms with E-state index in [1.165, 1.54) is 60.8 Å². The standard InChI is InChI=1S/C49H37N3/c1-33-12-11-18-43-42-17-7-10-21-48(42)52(49(33)43)39-27-22-34(23-28-39)37-26-31-44(35-13-3-2-4-14-35)50-45(32-37)36-24-29-38(30-25-36)51-46-19-8-5-15-40(46)41-16-6-9-20-47(41)51/h2-11,13-25,27-33H,12,26H2,1H3. The smallest absolute Gasteiger partial charge is 0.0712 e. The third-order valence-electron chi connectivity index (χ3n) is 10.8. The second-order valence-electron chi connectivity index (χ2n) is 14.0. The summed E-state index contributed by atoms with van der Waals surface area (Å²) in [4.78, 5) is 5.32. The van der Waals surface area contributed by atoms with Gasteiger partial charge < -0.3 is 9.13 Å². The second kappa shape index (κ2) is 12.4. The Hall–Kier alpha value is -6.45. The molecule has 0 fully saturated rings. The van der Waals surface area contributed by atoms with Crippen molar-refractivity contribution in [1.82, 2.24) is 9.13 Å². The minimum atomic E-state index is 0.457. The fraction of sp³-hybridized carbons (Fsp3) is 0.0816. The molecule has 3 heteroatoms. The summed E-state index contributed by atoms with van der Waals surface area (Å²) >= 11 is 0. The van der Waals surface area contributed by atoms with Crippen molar-refractivity contribution in [1.29, 1.82) is 0 Å². The summed E-state index contributed by atoms with van der Waals surface area (Å²) in [5.74, 6) is 0.457. The van der Waals surface area contributed by atoms with Crippen LogP contribution in [0.2, 0.25) is 0 Å². The maximum absolute atomic E-state index is 5.32. The van der Waals surface area contributed by atoms with Gasteiger partial charge in [-0.2, -0.15) is 0 Å². The van der Waals surface area contributed by atoms with E-state index in [9.17, 15) is 0 Å². The third kappa shape index (κ3) is 5.00. The number of benzene rings is 6. The highest BCUT2D eigenvalue weighted by atomic mass is 15.0. The molecule has 1 unspecified atom stereocenters. The van der Waals surface area contributed by atoms with Crippen LogP contribution in [0.15, 0.2) is 175 Å². The molecule has 3 heterocycles. The van der Waals surface area contributed by atoms with Gasteiger partial charge in [-0.3, -0.25) is 0 Å². The molecule has 248 valence electrons. The van der Waals surface area contributed by atoms with E-state index >= 15 is 0 Å². The molecule has 0 N–H and O–H groups in total. The Morgan fingerprint density at radius 2 is 1.10 bits per heavy atom. The number of hydrogen-bond acceptors (Lipinski definition) is 1. The van der Waals surface area contributed by atoms with Crippen LogP contribution < -0.4 is 0 Å². The Morgan fingerprint density at radius 1 is 0.538 bits per heavy atom. The van der Waals surface area contributed by atoms with E-state index in [1.54, 1.807) is 0 Å². The molecule has 2 aliphatic rings. The topological polar surface area (TPSA) is 22.2 Å². The van der Waals surface area contributed by atoms with Gasteiger partial charge in [0.05, 0.1) is 28.0 Å². The minimum Gasteiger partial charge on any atom is -0.313 e. The number of allylic oxidation sites excluding steroid dienone is 4. The van der Waals surface area contributed by atoms with Crippen LogP contribution in [0, 0.1) is 0 Å². The Bertz CT molecular complexity index is 2710. The highest BCUT2D eigenvalue weighted by Gasteiger charge is 2.23. The van der Waals surface area contributed by atoms with Crippen molar-refractivity contribution in [3.63, 3.8) is 0 Å². The maximum Gasteiger partial charge on any atom is 0.0712 e. The normalized spacial score (nSPS) is 15.7. The van der Waals surface area contributed by atoms with Crippen molar-refractivity contribution in [3.05, 3.63) is 198 Å². The van der Waals surface area contributed by atoms with Gasteiger partial charge in [0.15, 0.2) is 0 Å². The summed E-state index contributed by atoms with van der Waals surface area (Å²) in [6.07, 6.45) is 11.0. The Kier molecular flexibility index (Phi) is 7.24.